The number of carbonyl (C=O) groups is 1. The van der Waals surface area contributed by atoms with Crippen molar-refractivity contribution in [2.24, 2.45) is 0 Å². The van der Waals surface area contributed by atoms with Crippen LogP contribution in [-0.2, 0) is 9.47 Å². The highest BCUT2D eigenvalue weighted by atomic mass is 16.5. The Morgan fingerprint density at radius 2 is 2.40 bits per heavy atom. The molecule has 0 bridgehead atoms. The zero-order chi connectivity index (χ0) is 14.4. The molecule has 0 spiro atoms. The van der Waals surface area contributed by atoms with Crippen LogP contribution in [0.15, 0.2) is 34.7 Å². The van der Waals surface area contributed by atoms with Gasteiger partial charge in [-0.15, -0.1) is 0 Å². The molecule has 2 heterocycles. The van der Waals surface area contributed by atoms with Gasteiger partial charge in [-0.1, -0.05) is 11.6 Å². The van der Waals surface area contributed by atoms with Gasteiger partial charge in [0.2, 0.25) is 0 Å². The van der Waals surface area contributed by atoms with Gasteiger partial charge in [-0.05, 0) is 26.3 Å². The highest BCUT2D eigenvalue weighted by Crippen LogP contribution is 2.13. The van der Waals surface area contributed by atoms with Crippen LogP contribution in [0.5, 0.6) is 0 Å². The third kappa shape index (κ3) is 4.21. The molecule has 5 nitrogen and oxygen atoms in total. The van der Waals surface area contributed by atoms with Crippen molar-refractivity contribution < 1.29 is 18.7 Å². The predicted molar refractivity (Wildman–Crippen MR) is 74.6 cm³/mol. The highest BCUT2D eigenvalue weighted by Gasteiger charge is 2.28. The summed E-state index contributed by atoms with van der Waals surface area (Å²) in [6.45, 7) is 5.77. The molecule has 110 valence electrons. The zero-order valence-electron chi connectivity index (χ0n) is 11.9. The van der Waals surface area contributed by atoms with Gasteiger partial charge in [-0.25, -0.2) is 0 Å². The number of hydrogen-bond donors (Lipinski definition) is 1. The first-order valence-corrected chi connectivity index (χ1v) is 6.82. The minimum atomic E-state index is -0.162. The van der Waals surface area contributed by atoms with Crippen LogP contribution in [-0.4, -0.2) is 37.9 Å². The molecule has 1 saturated heterocycles. The van der Waals surface area contributed by atoms with Gasteiger partial charge in [-0.3, -0.25) is 4.79 Å². The normalized spacial score (nSPS) is 22.3. The van der Waals surface area contributed by atoms with Crippen LogP contribution < -0.4 is 5.32 Å². The van der Waals surface area contributed by atoms with E-state index in [1.165, 1.54) is 18.1 Å². The summed E-state index contributed by atoms with van der Waals surface area (Å²) in [5.74, 6) is -0.162. The summed E-state index contributed by atoms with van der Waals surface area (Å²) in [5.41, 5.74) is 1.73. The Balaban J connectivity index is 1.89. The molecule has 2 rings (SSSR count). The largest absolute Gasteiger partial charge is 0.472 e. The quantitative estimate of drug-likeness (QED) is 0.839. The second kappa shape index (κ2) is 7.26. The number of furan rings is 1. The van der Waals surface area contributed by atoms with E-state index in [1.54, 1.807) is 6.07 Å². The standard InChI is InChI=1S/C15H21NO4/c1-11(2)3-8-20-14-5-7-19-10-13(14)16-15(17)12-4-6-18-9-12/h3-4,6,9,13-14H,5,7-8,10H2,1-2H3,(H,16,17)/t13-,14+/m1/s1. The van der Waals surface area contributed by atoms with Gasteiger partial charge in [0.15, 0.2) is 0 Å². The second-order valence-corrected chi connectivity index (χ2v) is 5.11. The number of amides is 1. The fourth-order valence-electron chi connectivity index (χ4n) is 2.04. The number of nitrogens with one attached hydrogen (secondary N) is 1. The molecule has 0 aliphatic carbocycles. The van der Waals surface area contributed by atoms with E-state index in [4.69, 9.17) is 13.9 Å². The average Bonchev–Trinajstić information content (AvgIpc) is 2.94. The van der Waals surface area contributed by atoms with Gasteiger partial charge in [0.25, 0.3) is 5.91 Å². The van der Waals surface area contributed by atoms with Crippen LogP contribution in [0.25, 0.3) is 0 Å². The minimum absolute atomic E-state index is 0.0183. The van der Waals surface area contributed by atoms with E-state index in [-0.39, 0.29) is 18.1 Å². The average molecular weight is 279 g/mol. The number of hydrogen-bond acceptors (Lipinski definition) is 4. The molecular weight excluding hydrogens is 258 g/mol. The maximum atomic E-state index is 12.0. The number of rotatable bonds is 5. The fraction of sp³-hybridized carbons (Fsp3) is 0.533. The molecule has 1 aromatic rings. The molecule has 1 aromatic heterocycles. The highest BCUT2D eigenvalue weighted by molar-refractivity contribution is 5.94. The number of carbonyl (C=O) groups excluding carboxylic acids is 1. The van der Waals surface area contributed by atoms with E-state index < -0.39 is 0 Å². The molecular formula is C15H21NO4. The van der Waals surface area contributed by atoms with E-state index in [2.05, 4.69) is 5.32 Å². The molecule has 1 N–H and O–H groups in total. The Bertz CT molecular complexity index is 448. The van der Waals surface area contributed by atoms with Crippen LogP contribution >= 0.6 is 0 Å². The summed E-state index contributed by atoms with van der Waals surface area (Å²) in [5, 5.41) is 2.94. The Hall–Kier alpha value is -1.59. The fourth-order valence-corrected chi connectivity index (χ4v) is 2.04. The lowest BCUT2D eigenvalue weighted by Crippen LogP contribution is -2.50. The zero-order valence-corrected chi connectivity index (χ0v) is 11.9. The topological polar surface area (TPSA) is 60.7 Å². The molecule has 5 heteroatoms. The maximum absolute atomic E-state index is 12.0. The summed E-state index contributed by atoms with van der Waals surface area (Å²) in [4.78, 5) is 12.0. The van der Waals surface area contributed by atoms with Crippen molar-refractivity contribution >= 4 is 5.91 Å². The van der Waals surface area contributed by atoms with E-state index in [9.17, 15) is 4.79 Å². The second-order valence-electron chi connectivity index (χ2n) is 5.11. The van der Waals surface area contributed by atoms with Crippen molar-refractivity contribution in [3.05, 3.63) is 35.8 Å². The molecule has 0 unspecified atom stereocenters. The molecule has 1 fully saturated rings. The lowest BCUT2D eigenvalue weighted by molar-refractivity contribution is -0.0457. The van der Waals surface area contributed by atoms with Gasteiger partial charge in [0.05, 0.1) is 37.2 Å². The van der Waals surface area contributed by atoms with Crippen molar-refractivity contribution in [2.75, 3.05) is 19.8 Å². The Morgan fingerprint density at radius 1 is 1.55 bits per heavy atom. The molecule has 1 aliphatic heterocycles. The van der Waals surface area contributed by atoms with Gasteiger partial charge in [0.1, 0.15) is 6.26 Å². The van der Waals surface area contributed by atoms with E-state index in [0.717, 1.165) is 6.42 Å². The van der Waals surface area contributed by atoms with E-state index in [1.807, 2.05) is 19.9 Å². The molecule has 0 saturated carbocycles. The third-order valence-electron chi connectivity index (χ3n) is 3.19. The van der Waals surface area contributed by atoms with Crippen molar-refractivity contribution in [3.63, 3.8) is 0 Å². The molecule has 0 aromatic carbocycles. The molecule has 20 heavy (non-hydrogen) atoms. The summed E-state index contributed by atoms with van der Waals surface area (Å²) >= 11 is 0. The summed E-state index contributed by atoms with van der Waals surface area (Å²) in [6, 6.07) is 1.51. The minimum Gasteiger partial charge on any atom is -0.472 e. The van der Waals surface area contributed by atoms with Crippen LogP contribution in [0, 0.1) is 0 Å². The smallest absolute Gasteiger partial charge is 0.254 e. The molecule has 0 radical (unpaired) electrons. The Labute approximate surface area is 118 Å². The van der Waals surface area contributed by atoms with Crippen LogP contribution in [0.4, 0.5) is 0 Å². The molecule has 1 aliphatic rings. The molecule has 1 amide bonds. The van der Waals surface area contributed by atoms with E-state index in [0.29, 0.717) is 25.4 Å². The number of ether oxygens (including phenoxy) is 2. The molecule has 2 atom stereocenters. The van der Waals surface area contributed by atoms with Gasteiger partial charge in [0, 0.05) is 6.61 Å². The van der Waals surface area contributed by atoms with Crippen LogP contribution in [0.1, 0.15) is 30.6 Å². The van der Waals surface area contributed by atoms with Crippen molar-refractivity contribution in [1.29, 1.82) is 0 Å². The Morgan fingerprint density at radius 3 is 3.10 bits per heavy atom. The van der Waals surface area contributed by atoms with Crippen molar-refractivity contribution in [3.8, 4) is 0 Å². The van der Waals surface area contributed by atoms with Gasteiger partial charge < -0.3 is 19.2 Å². The van der Waals surface area contributed by atoms with Crippen molar-refractivity contribution in [1.82, 2.24) is 5.32 Å². The summed E-state index contributed by atoms with van der Waals surface area (Å²) in [6.07, 6.45) is 5.71. The maximum Gasteiger partial charge on any atom is 0.254 e. The van der Waals surface area contributed by atoms with Gasteiger partial charge >= 0.3 is 0 Å². The van der Waals surface area contributed by atoms with Crippen LogP contribution in [0.2, 0.25) is 0 Å². The Kier molecular flexibility index (Phi) is 5.38. The SMILES string of the molecule is CC(C)=CCO[C@H]1CCOC[C@H]1NC(=O)c1ccoc1. The van der Waals surface area contributed by atoms with Gasteiger partial charge in [-0.2, -0.15) is 0 Å². The predicted octanol–water partition coefficient (Wildman–Crippen LogP) is 2.15. The number of allylic oxidation sites excluding steroid dienone is 1. The first-order chi connectivity index (χ1) is 9.66. The third-order valence-corrected chi connectivity index (χ3v) is 3.19. The lowest BCUT2D eigenvalue weighted by atomic mass is 10.1. The summed E-state index contributed by atoms with van der Waals surface area (Å²) in [7, 11) is 0. The van der Waals surface area contributed by atoms with Crippen molar-refractivity contribution in [2.45, 2.75) is 32.4 Å². The lowest BCUT2D eigenvalue weighted by Gasteiger charge is -2.31. The first kappa shape index (κ1) is 14.8. The van der Waals surface area contributed by atoms with Crippen LogP contribution in [0.3, 0.4) is 0 Å². The first-order valence-electron chi connectivity index (χ1n) is 6.82. The monoisotopic (exact) mass is 279 g/mol. The van der Waals surface area contributed by atoms with E-state index >= 15 is 0 Å². The summed E-state index contributed by atoms with van der Waals surface area (Å²) < 4.78 is 16.2.